The summed E-state index contributed by atoms with van der Waals surface area (Å²) in [6, 6.07) is 0.897. The first-order valence-electron chi connectivity index (χ1n) is 21.5. The summed E-state index contributed by atoms with van der Waals surface area (Å²) >= 11 is 0. The second-order valence-electron chi connectivity index (χ2n) is 17.3. The van der Waals surface area contributed by atoms with Crippen LogP contribution in [0.5, 0.6) is 86.2 Å². The van der Waals surface area contributed by atoms with Crippen LogP contribution < -0.4 is 0 Å². The topological polar surface area (TPSA) is 536 Å². The molecule has 0 amide bonds. The number of ketones is 1. The fourth-order valence-corrected chi connectivity index (χ4v) is 9.53. The van der Waals surface area contributed by atoms with Crippen molar-refractivity contribution in [3.8, 4) is 120 Å². The van der Waals surface area contributed by atoms with Crippen molar-refractivity contribution >= 4 is 29.7 Å². The number of carbonyl (C=O) groups excluding carboxylic acids is 5. The molecule has 5 aliphatic rings. The molecule has 0 aliphatic carbocycles. The normalized spacial score (nSPS) is 21.9. The van der Waals surface area contributed by atoms with Crippen molar-refractivity contribution in [1.82, 2.24) is 0 Å². The van der Waals surface area contributed by atoms with Gasteiger partial charge in [-0.3, -0.25) is 4.79 Å². The lowest BCUT2D eigenvalue weighted by molar-refractivity contribution is -0.213. The van der Waals surface area contributed by atoms with Gasteiger partial charge in [0, 0.05) is 44.5 Å². The van der Waals surface area contributed by atoms with Crippen LogP contribution >= 0.6 is 0 Å². The van der Waals surface area contributed by atoms with Crippen molar-refractivity contribution in [2.45, 2.75) is 54.9 Å². The average molecular weight is 1070 g/mol. The number of hydrogen-bond donors (Lipinski definition) is 20. The van der Waals surface area contributed by atoms with Gasteiger partial charge in [0.15, 0.2) is 87.9 Å². The van der Waals surface area contributed by atoms with Gasteiger partial charge in [0.25, 0.3) is 0 Å². The zero-order valence-electron chi connectivity index (χ0n) is 37.4. The number of Topliss-reactive ketones (excluding diaryl/α,β-unsaturated/α-hetero) is 1. The number of carbonyl (C=O) groups is 5. The van der Waals surface area contributed by atoms with E-state index in [0.717, 1.165) is 0 Å². The third-order valence-corrected chi connectivity index (χ3v) is 13.1. The van der Waals surface area contributed by atoms with Crippen LogP contribution in [-0.2, 0) is 28.5 Å². The number of aliphatic hydroxyl groups is 5. The van der Waals surface area contributed by atoms with Gasteiger partial charge in [-0.2, -0.15) is 0 Å². The van der Waals surface area contributed by atoms with E-state index in [1.54, 1.807) is 0 Å². The third kappa shape index (κ3) is 7.22. The predicted octanol–water partition coefficient (Wildman–Crippen LogP) is -1.14. The summed E-state index contributed by atoms with van der Waals surface area (Å²) < 4.78 is 28.5. The minimum Gasteiger partial charge on any atom is -0.504 e. The number of hydrogen-bond acceptors (Lipinski definition) is 30. The highest BCUT2D eigenvalue weighted by Crippen LogP contribution is 2.63. The summed E-state index contributed by atoms with van der Waals surface area (Å²) in [6.07, 6.45) is -22.8. The van der Waals surface area contributed by atoms with Gasteiger partial charge in [0.1, 0.15) is 31.0 Å². The van der Waals surface area contributed by atoms with E-state index in [0.29, 0.717) is 6.07 Å². The van der Waals surface area contributed by atoms with E-state index in [9.17, 15) is 121 Å². The molecule has 0 fully saturated rings. The maximum atomic E-state index is 15.4. The Kier molecular flexibility index (Phi) is 12.0. The number of aliphatic hydroxyl groups excluding tert-OH is 5. The zero-order valence-corrected chi connectivity index (χ0v) is 37.4. The van der Waals surface area contributed by atoms with Crippen molar-refractivity contribution in [1.29, 1.82) is 0 Å². The smallest absolute Gasteiger partial charge is 0.340 e. The molecule has 20 N–H and O–H groups in total. The number of phenolic OH excluding ortho intramolecular Hbond substituents is 15. The lowest BCUT2D eigenvalue weighted by atomic mass is 9.74. The monoisotopic (exact) mass is 1070 g/mol. The standard InChI is InChI=1S/C46H36O30/c47-4-12(51)27(55)36(64)35(63)23-20-22-19(33(61)38(66)34(20)62)18-21-17(31(59)37(65)32(18)60)16-8(3-11(50)26(54)30(16)58)43(68)73-13-5-72-42(67)6-1-9(48)24(52)28(56)14(6)15-7(2-10(49)25(53)29(15)57)44(69)74-39(13)41(76-46(21)71)40(23)75-45(22)70/h1-3,12-13,23,27,36,39-41,45,47-62,64-66,70H,4-5H2/t12-,13+,23-,27+,36+,39+,40-,41-,45-/m0/s1. The van der Waals surface area contributed by atoms with Gasteiger partial charge in [-0.25, -0.2) is 19.2 Å². The Bertz CT molecular complexity index is 3440. The highest BCUT2D eigenvalue weighted by atomic mass is 16.7. The predicted molar refractivity (Wildman–Crippen MR) is 235 cm³/mol. The van der Waals surface area contributed by atoms with Gasteiger partial charge in [-0.15, -0.1) is 0 Å². The molecular formula is C46H36O30. The molecule has 0 spiro atoms. The van der Waals surface area contributed by atoms with E-state index in [2.05, 4.69) is 0 Å². The van der Waals surface area contributed by atoms with Gasteiger partial charge < -0.3 is 126 Å². The summed E-state index contributed by atoms with van der Waals surface area (Å²) in [4.78, 5) is 74.3. The molecule has 6 bridgehead atoms. The maximum absolute atomic E-state index is 15.4. The number of aromatic hydroxyl groups is 15. The summed E-state index contributed by atoms with van der Waals surface area (Å²) in [5.41, 5.74) is -16.0. The molecule has 30 heteroatoms. The van der Waals surface area contributed by atoms with E-state index in [1.807, 2.05) is 0 Å². The minimum atomic E-state index is -3.04. The van der Waals surface area contributed by atoms with Crippen LogP contribution in [0.25, 0.3) is 33.4 Å². The summed E-state index contributed by atoms with van der Waals surface area (Å²) in [5.74, 6) is -37.0. The van der Waals surface area contributed by atoms with Crippen LogP contribution in [0.15, 0.2) is 18.2 Å². The second-order valence-corrected chi connectivity index (χ2v) is 17.3. The molecule has 0 saturated carbocycles. The fraction of sp³-hybridized carbons (Fsp3) is 0.239. The van der Waals surface area contributed by atoms with Crippen LogP contribution in [0.1, 0.15) is 64.8 Å². The molecule has 10 rings (SSSR count). The number of benzene rings is 5. The molecule has 30 nitrogen and oxygen atoms in total. The zero-order chi connectivity index (χ0) is 55.7. The minimum absolute atomic E-state index is 0.266. The molecule has 5 aromatic rings. The van der Waals surface area contributed by atoms with E-state index < -0.39 is 251 Å². The van der Waals surface area contributed by atoms with Crippen LogP contribution in [0.4, 0.5) is 0 Å². The van der Waals surface area contributed by atoms with Crippen LogP contribution in [0, 0.1) is 0 Å². The Labute approximate surface area is 418 Å². The number of cyclic esters (lactones) is 1. The Hall–Kier alpha value is -9.59. The molecule has 0 radical (unpaired) electrons. The van der Waals surface area contributed by atoms with Crippen molar-refractivity contribution in [3.63, 3.8) is 0 Å². The number of phenols is 15. The summed E-state index contributed by atoms with van der Waals surface area (Å²) in [6.45, 7) is -3.03. The molecule has 0 aromatic heterocycles. The Balaban J connectivity index is 1.47. The van der Waals surface area contributed by atoms with Crippen molar-refractivity contribution in [3.05, 3.63) is 51.6 Å². The molecule has 400 valence electrons. The van der Waals surface area contributed by atoms with Crippen molar-refractivity contribution in [2.75, 3.05) is 13.2 Å². The molecule has 9 atom stereocenters. The number of esters is 4. The molecule has 5 aromatic carbocycles. The Morgan fingerprint density at radius 3 is 1.41 bits per heavy atom. The lowest BCUT2D eigenvalue weighted by Crippen LogP contribution is -2.58. The second kappa shape index (κ2) is 17.8. The first-order chi connectivity index (χ1) is 35.7. The molecule has 5 aliphatic heterocycles. The first-order valence-corrected chi connectivity index (χ1v) is 21.5. The van der Waals surface area contributed by atoms with Crippen molar-refractivity contribution < 1.29 is 150 Å². The van der Waals surface area contributed by atoms with E-state index in [1.165, 1.54) is 0 Å². The quantitative estimate of drug-likeness (QED) is 0.0562. The molecule has 5 heterocycles. The first kappa shape index (κ1) is 51.3. The highest BCUT2D eigenvalue weighted by molar-refractivity contribution is 6.14. The molecular weight excluding hydrogens is 1030 g/mol. The maximum Gasteiger partial charge on any atom is 0.340 e. The molecule has 0 unspecified atom stereocenters. The molecule has 0 saturated heterocycles. The lowest BCUT2D eigenvalue weighted by Gasteiger charge is -2.44. The van der Waals surface area contributed by atoms with E-state index in [4.69, 9.17) is 23.7 Å². The molecule has 76 heavy (non-hydrogen) atoms. The Morgan fingerprint density at radius 2 is 0.895 bits per heavy atom. The van der Waals surface area contributed by atoms with Crippen LogP contribution in [0.2, 0.25) is 0 Å². The van der Waals surface area contributed by atoms with E-state index in [-0.39, 0.29) is 12.1 Å². The number of fused-ring (bicyclic) bond motifs is 7. The number of rotatable bonds is 5. The summed E-state index contributed by atoms with van der Waals surface area (Å²) in [7, 11) is 0. The van der Waals surface area contributed by atoms with Gasteiger partial charge in [0.2, 0.25) is 28.7 Å². The Morgan fingerprint density at radius 1 is 0.474 bits per heavy atom. The van der Waals surface area contributed by atoms with E-state index >= 15 is 4.79 Å². The largest absolute Gasteiger partial charge is 0.504 e. The van der Waals surface area contributed by atoms with Gasteiger partial charge in [-0.1, -0.05) is 0 Å². The summed E-state index contributed by atoms with van der Waals surface area (Å²) in [5, 5.41) is 222. The highest BCUT2D eigenvalue weighted by Gasteiger charge is 2.58. The van der Waals surface area contributed by atoms with Crippen LogP contribution in [0.3, 0.4) is 0 Å². The van der Waals surface area contributed by atoms with Crippen molar-refractivity contribution in [2.24, 2.45) is 0 Å². The number of ether oxygens (including phenoxy) is 5. The average Bonchev–Trinajstić information content (AvgIpc) is 3.41. The van der Waals surface area contributed by atoms with Gasteiger partial charge in [-0.05, 0) is 18.2 Å². The van der Waals surface area contributed by atoms with Gasteiger partial charge in [0.05, 0.1) is 34.8 Å². The van der Waals surface area contributed by atoms with Crippen LogP contribution in [-0.4, -0.2) is 188 Å². The third-order valence-electron chi connectivity index (χ3n) is 13.1. The SMILES string of the molecule is O=C1OC[C@H]2OC(=O)c3cc(O)c(O)c(O)c3-c3c(O)c(O)c(O)c4c3C(=O)O[C@H]([C@H]3O[C@H](O)c5c-4c(O)c(O)c(O)c5[C@H]3C(=O)[C@H](O)[C@H](O)[C@@H](O)CO)[C@@H]2OC(=O)c2cc(O)c(O)c(O)c2-c2c1cc(O)c(O)c2O. The fourth-order valence-electron chi connectivity index (χ4n) is 9.53. The van der Waals surface area contributed by atoms with Gasteiger partial charge >= 0.3 is 23.9 Å².